The molecule has 2 aromatic rings. The van der Waals surface area contributed by atoms with Crippen molar-refractivity contribution in [1.29, 1.82) is 0 Å². The number of sulfonamides is 1. The van der Waals surface area contributed by atoms with Crippen LogP contribution in [-0.2, 0) is 21.3 Å². The van der Waals surface area contributed by atoms with Crippen molar-refractivity contribution in [2.24, 2.45) is 0 Å². The zero-order valence-corrected chi connectivity index (χ0v) is 14.8. The molecule has 6 nitrogen and oxygen atoms in total. The molecule has 1 aliphatic rings. The normalized spacial score (nSPS) is 15.6. The van der Waals surface area contributed by atoms with Gasteiger partial charge in [-0.2, -0.15) is 4.31 Å². The fourth-order valence-corrected chi connectivity index (χ4v) is 4.01. The van der Waals surface area contributed by atoms with E-state index in [9.17, 15) is 17.6 Å². The predicted molar refractivity (Wildman–Crippen MR) is 93.6 cm³/mol. The third-order valence-corrected chi connectivity index (χ3v) is 6.00. The van der Waals surface area contributed by atoms with Gasteiger partial charge in [0.2, 0.25) is 10.0 Å². The van der Waals surface area contributed by atoms with Crippen molar-refractivity contribution in [3.8, 4) is 0 Å². The Balaban J connectivity index is 1.62. The summed E-state index contributed by atoms with van der Waals surface area (Å²) in [6.07, 6.45) is 0. The van der Waals surface area contributed by atoms with E-state index in [0.717, 1.165) is 5.56 Å². The number of morpholine rings is 1. The van der Waals surface area contributed by atoms with Crippen LogP contribution in [0.1, 0.15) is 15.9 Å². The van der Waals surface area contributed by atoms with Gasteiger partial charge in [-0.3, -0.25) is 4.79 Å². The molecule has 0 aliphatic carbocycles. The number of benzene rings is 2. The highest BCUT2D eigenvalue weighted by molar-refractivity contribution is 7.89. The van der Waals surface area contributed by atoms with Crippen molar-refractivity contribution >= 4 is 15.9 Å². The summed E-state index contributed by atoms with van der Waals surface area (Å²) in [5, 5.41) is 2.72. The molecule has 0 aromatic heterocycles. The van der Waals surface area contributed by atoms with Gasteiger partial charge >= 0.3 is 0 Å². The number of halogens is 1. The molecular formula is C18H19FN2O4S. The molecule has 138 valence electrons. The van der Waals surface area contributed by atoms with Crippen LogP contribution >= 0.6 is 0 Å². The molecule has 0 saturated carbocycles. The predicted octanol–water partition coefficient (Wildman–Crippen LogP) is 1.78. The molecule has 0 unspecified atom stereocenters. The van der Waals surface area contributed by atoms with E-state index in [1.165, 1.54) is 40.7 Å². The van der Waals surface area contributed by atoms with Gasteiger partial charge < -0.3 is 10.1 Å². The monoisotopic (exact) mass is 378 g/mol. The Morgan fingerprint density at radius 2 is 1.65 bits per heavy atom. The van der Waals surface area contributed by atoms with E-state index in [1.54, 1.807) is 12.1 Å². The van der Waals surface area contributed by atoms with Crippen molar-refractivity contribution < 1.29 is 22.3 Å². The summed E-state index contributed by atoms with van der Waals surface area (Å²) in [7, 11) is -3.53. The molecule has 1 aliphatic heterocycles. The molecule has 0 atom stereocenters. The van der Waals surface area contributed by atoms with Crippen LogP contribution in [0.5, 0.6) is 0 Å². The van der Waals surface area contributed by atoms with E-state index in [0.29, 0.717) is 31.9 Å². The molecule has 3 rings (SSSR count). The summed E-state index contributed by atoms with van der Waals surface area (Å²) in [6.45, 7) is 1.73. The maximum Gasteiger partial charge on any atom is 0.251 e. The third kappa shape index (κ3) is 4.27. The number of hydrogen-bond donors (Lipinski definition) is 1. The van der Waals surface area contributed by atoms with Gasteiger partial charge in [-0.25, -0.2) is 12.8 Å². The Labute approximate surface area is 151 Å². The number of nitrogens with one attached hydrogen (secondary N) is 1. The van der Waals surface area contributed by atoms with Gasteiger partial charge in [0.25, 0.3) is 5.91 Å². The van der Waals surface area contributed by atoms with Gasteiger partial charge in [-0.1, -0.05) is 12.1 Å². The number of hydrogen-bond acceptors (Lipinski definition) is 4. The quantitative estimate of drug-likeness (QED) is 0.861. The number of amides is 1. The molecule has 0 bridgehead atoms. The third-order valence-electron chi connectivity index (χ3n) is 4.09. The number of carbonyl (C=O) groups is 1. The largest absolute Gasteiger partial charge is 0.379 e. The zero-order valence-electron chi connectivity index (χ0n) is 14.0. The van der Waals surface area contributed by atoms with E-state index in [1.807, 2.05) is 0 Å². The van der Waals surface area contributed by atoms with Crippen LogP contribution in [0, 0.1) is 5.82 Å². The highest BCUT2D eigenvalue weighted by atomic mass is 32.2. The number of nitrogens with zero attached hydrogens (tertiary/aromatic N) is 1. The molecule has 2 aromatic carbocycles. The molecule has 26 heavy (non-hydrogen) atoms. The van der Waals surface area contributed by atoms with Crippen LogP contribution in [0.2, 0.25) is 0 Å². The number of ether oxygens (including phenoxy) is 1. The van der Waals surface area contributed by atoms with E-state index in [2.05, 4.69) is 5.32 Å². The smallest absolute Gasteiger partial charge is 0.251 e. The van der Waals surface area contributed by atoms with Gasteiger partial charge in [0.05, 0.1) is 18.1 Å². The summed E-state index contributed by atoms with van der Waals surface area (Å²) in [6, 6.07) is 11.6. The first kappa shape index (κ1) is 18.5. The van der Waals surface area contributed by atoms with Gasteiger partial charge in [0, 0.05) is 25.2 Å². The van der Waals surface area contributed by atoms with Crippen molar-refractivity contribution in [3.05, 3.63) is 65.5 Å². The second kappa shape index (κ2) is 7.94. The highest BCUT2D eigenvalue weighted by Gasteiger charge is 2.26. The van der Waals surface area contributed by atoms with E-state index in [-0.39, 0.29) is 17.3 Å². The molecular weight excluding hydrogens is 359 g/mol. The molecule has 1 amide bonds. The van der Waals surface area contributed by atoms with Crippen LogP contribution < -0.4 is 5.32 Å². The number of rotatable bonds is 5. The SMILES string of the molecule is O=C(NCc1ccc(S(=O)(=O)N2CCOCC2)cc1)c1ccc(F)cc1. The minimum atomic E-state index is -3.53. The van der Waals surface area contributed by atoms with E-state index in [4.69, 9.17) is 4.74 Å². The van der Waals surface area contributed by atoms with Crippen LogP contribution in [0.15, 0.2) is 53.4 Å². The van der Waals surface area contributed by atoms with Crippen molar-refractivity contribution in [3.63, 3.8) is 0 Å². The molecule has 0 radical (unpaired) electrons. The van der Waals surface area contributed by atoms with E-state index < -0.39 is 15.8 Å². The summed E-state index contributed by atoms with van der Waals surface area (Å²) in [5.41, 5.74) is 1.12. The molecule has 8 heteroatoms. The van der Waals surface area contributed by atoms with Crippen LogP contribution in [-0.4, -0.2) is 44.9 Å². The Hall–Kier alpha value is -2.29. The molecule has 1 N–H and O–H groups in total. The lowest BCUT2D eigenvalue weighted by atomic mass is 10.2. The molecule has 1 heterocycles. The lowest BCUT2D eigenvalue weighted by Gasteiger charge is -2.26. The minimum absolute atomic E-state index is 0.216. The maximum absolute atomic E-state index is 12.9. The Morgan fingerprint density at radius 3 is 2.27 bits per heavy atom. The van der Waals surface area contributed by atoms with E-state index >= 15 is 0 Å². The van der Waals surface area contributed by atoms with Gasteiger partial charge in [-0.15, -0.1) is 0 Å². The zero-order chi connectivity index (χ0) is 18.6. The summed E-state index contributed by atoms with van der Waals surface area (Å²) in [4.78, 5) is 12.2. The highest BCUT2D eigenvalue weighted by Crippen LogP contribution is 2.17. The first-order valence-corrected chi connectivity index (χ1v) is 9.61. The van der Waals surface area contributed by atoms with Gasteiger partial charge in [0.15, 0.2) is 0 Å². The molecule has 1 fully saturated rings. The lowest BCUT2D eigenvalue weighted by Crippen LogP contribution is -2.40. The topological polar surface area (TPSA) is 75.7 Å². The Morgan fingerprint density at radius 1 is 1.04 bits per heavy atom. The van der Waals surface area contributed by atoms with Crippen LogP contribution in [0.25, 0.3) is 0 Å². The Kier molecular flexibility index (Phi) is 5.65. The van der Waals surface area contributed by atoms with Crippen molar-refractivity contribution in [2.45, 2.75) is 11.4 Å². The second-order valence-corrected chi connectivity index (χ2v) is 7.79. The minimum Gasteiger partial charge on any atom is -0.379 e. The lowest BCUT2D eigenvalue weighted by molar-refractivity contribution is 0.0730. The molecule has 1 saturated heterocycles. The van der Waals surface area contributed by atoms with Gasteiger partial charge in [-0.05, 0) is 42.0 Å². The van der Waals surface area contributed by atoms with Crippen molar-refractivity contribution in [1.82, 2.24) is 9.62 Å². The van der Waals surface area contributed by atoms with Crippen LogP contribution in [0.4, 0.5) is 4.39 Å². The Bertz CT molecular complexity index is 861. The van der Waals surface area contributed by atoms with Crippen molar-refractivity contribution in [2.75, 3.05) is 26.3 Å². The average molecular weight is 378 g/mol. The first-order chi connectivity index (χ1) is 12.5. The maximum atomic E-state index is 12.9. The summed E-state index contributed by atoms with van der Waals surface area (Å²) >= 11 is 0. The molecule has 0 spiro atoms. The van der Waals surface area contributed by atoms with Crippen LogP contribution in [0.3, 0.4) is 0 Å². The summed E-state index contributed by atoms with van der Waals surface area (Å²) < 4.78 is 44.6. The second-order valence-electron chi connectivity index (χ2n) is 5.85. The average Bonchev–Trinajstić information content (AvgIpc) is 2.67. The fourth-order valence-electron chi connectivity index (χ4n) is 2.60. The standard InChI is InChI=1S/C18H19FN2O4S/c19-16-5-3-15(4-6-16)18(22)20-13-14-1-7-17(8-2-14)26(23,24)21-9-11-25-12-10-21/h1-8H,9-13H2,(H,20,22). The number of carbonyl (C=O) groups excluding carboxylic acids is 1. The summed E-state index contributed by atoms with van der Waals surface area (Å²) in [5.74, 6) is -0.728. The fraction of sp³-hybridized carbons (Fsp3) is 0.278. The first-order valence-electron chi connectivity index (χ1n) is 8.17. The van der Waals surface area contributed by atoms with Gasteiger partial charge in [0.1, 0.15) is 5.82 Å².